The van der Waals surface area contributed by atoms with E-state index in [0.29, 0.717) is 0 Å². The molecule has 0 amide bonds. The highest BCUT2D eigenvalue weighted by Gasteiger charge is 2.43. The molecule has 0 unspecified atom stereocenters. The highest BCUT2D eigenvalue weighted by molar-refractivity contribution is 7.20. The Morgan fingerprint density at radius 3 is 1.28 bits per heavy atom. The lowest BCUT2D eigenvalue weighted by molar-refractivity contribution is 1.17. The molecule has 0 aliphatic heterocycles. The molecule has 0 spiro atoms. The van der Waals surface area contributed by atoms with Crippen LogP contribution in [0.3, 0.4) is 0 Å². The minimum absolute atomic E-state index is 1.17. The third kappa shape index (κ3) is 5.03. The van der Waals surface area contributed by atoms with E-state index >= 15 is 0 Å². The van der Waals surface area contributed by atoms with Crippen molar-refractivity contribution in [3.05, 3.63) is 231 Å². The Morgan fingerprint density at radius 2 is 0.684 bits per heavy atom. The largest absolute Gasteiger partial charge is 0.309 e. The molecular weight excluding hydrogens is 705 g/mol. The van der Waals surface area contributed by atoms with Gasteiger partial charge in [-0.1, -0.05) is 194 Å². The number of para-hydroxylation sites is 3. The number of hydrogen-bond acceptors (Lipinski definition) is 0. The molecule has 2 nitrogen and oxygen atoms in total. The normalized spacial score (nSPS) is 11.9. The van der Waals surface area contributed by atoms with E-state index in [4.69, 9.17) is 0 Å². The van der Waals surface area contributed by atoms with Gasteiger partial charge >= 0.3 is 0 Å². The fourth-order valence-corrected chi connectivity index (χ4v) is 14.6. The zero-order chi connectivity index (χ0) is 37.8. The van der Waals surface area contributed by atoms with E-state index in [0.717, 1.165) is 0 Å². The summed E-state index contributed by atoms with van der Waals surface area (Å²) in [6.07, 6.45) is 0. The molecule has 57 heavy (non-hydrogen) atoms. The Morgan fingerprint density at radius 1 is 0.281 bits per heavy atom. The van der Waals surface area contributed by atoms with Gasteiger partial charge < -0.3 is 9.13 Å². The van der Waals surface area contributed by atoms with Crippen LogP contribution in [0.15, 0.2) is 231 Å². The molecule has 0 aliphatic carbocycles. The summed E-state index contributed by atoms with van der Waals surface area (Å²) in [6, 6.07) is 85.1. The molecule has 2 heterocycles. The van der Waals surface area contributed by atoms with Gasteiger partial charge in [-0.3, -0.25) is 0 Å². The molecule has 0 N–H and O–H groups in total. The molecule has 11 aromatic rings. The minimum Gasteiger partial charge on any atom is -0.309 e. The van der Waals surface area contributed by atoms with Crippen LogP contribution in [0.4, 0.5) is 0 Å². The molecule has 0 saturated carbocycles. The van der Waals surface area contributed by atoms with Crippen molar-refractivity contribution in [2.24, 2.45) is 0 Å². The van der Waals surface area contributed by atoms with E-state index < -0.39 is 8.07 Å². The summed E-state index contributed by atoms with van der Waals surface area (Å²) in [6.45, 7) is 0. The van der Waals surface area contributed by atoms with E-state index in [1.54, 1.807) is 0 Å². The maximum atomic E-state index is 2.54. The summed E-state index contributed by atoms with van der Waals surface area (Å²) in [7, 11) is -2.86. The zero-order valence-electron chi connectivity index (χ0n) is 31.3. The van der Waals surface area contributed by atoms with E-state index in [2.05, 4.69) is 240 Å². The van der Waals surface area contributed by atoms with Crippen molar-refractivity contribution in [3.63, 3.8) is 0 Å². The van der Waals surface area contributed by atoms with E-state index in [1.165, 1.54) is 86.9 Å². The summed E-state index contributed by atoms with van der Waals surface area (Å²) in [5.74, 6) is 0. The molecule has 0 saturated heterocycles. The van der Waals surface area contributed by atoms with E-state index in [9.17, 15) is 0 Å². The Bertz CT molecular complexity index is 3120. The van der Waals surface area contributed by atoms with Crippen LogP contribution in [0.1, 0.15) is 0 Å². The topological polar surface area (TPSA) is 9.86 Å². The third-order valence-electron chi connectivity index (χ3n) is 11.9. The van der Waals surface area contributed by atoms with Crippen LogP contribution in [0, 0.1) is 0 Å². The zero-order valence-corrected chi connectivity index (χ0v) is 32.3. The number of rotatable bonds is 7. The molecule has 9 aromatic carbocycles. The highest BCUT2D eigenvalue weighted by atomic mass is 28.3. The van der Waals surface area contributed by atoms with Crippen molar-refractivity contribution in [3.8, 4) is 22.5 Å². The van der Waals surface area contributed by atoms with Crippen LogP contribution >= 0.6 is 0 Å². The monoisotopic (exact) mass is 742 g/mol. The second kappa shape index (κ2) is 13.5. The van der Waals surface area contributed by atoms with Crippen molar-refractivity contribution in [1.82, 2.24) is 9.13 Å². The molecule has 0 bridgehead atoms. The summed E-state index contributed by atoms with van der Waals surface area (Å²) in [5, 5.41) is 10.5. The molecule has 3 heteroatoms. The second-order valence-corrected chi connectivity index (χ2v) is 18.6. The first-order valence-electron chi connectivity index (χ1n) is 19.7. The molecule has 0 radical (unpaired) electrons. The molecule has 0 atom stereocenters. The second-order valence-electron chi connectivity index (χ2n) is 14.8. The predicted octanol–water partition coefficient (Wildman–Crippen LogP) is 10.9. The smallest absolute Gasteiger partial charge is 0.180 e. The first-order valence-corrected chi connectivity index (χ1v) is 21.7. The van der Waals surface area contributed by atoms with Gasteiger partial charge in [0.25, 0.3) is 0 Å². The van der Waals surface area contributed by atoms with Crippen molar-refractivity contribution in [2.75, 3.05) is 0 Å². The minimum atomic E-state index is -2.86. The van der Waals surface area contributed by atoms with E-state index in [-0.39, 0.29) is 0 Å². The predicted molar refractivity (Wildman–Crippen MR) is 244 cm³/mol. The Hall–Kier alpha value is -7.20. The number of nitrogens with zero attached hydrogens (tertiary/aromatic N) is 2. The van der Waals surface area contributed by atoms with Gasteiger partial charge in [-0.2, -0.15) is 0 Å². The van der Waals surface area contributed by atoms with Crippen LogP contribution < -0.4 is 20.7 Å². The Kier molecular flexibility index (Phi) is 7.87. The maximum Gasteiger partial charge on any atom is 0.180 e. The number of benzene rings is 9. The lowest BCUT2D eigenvalue weighted by atomic mass is 10.0. The standard InChI is InChI=1S/C54H38N2Si/c1-5-21-39(22-6-1)43-29-13-16-32-46(43)55-47-33-17-14-30-44(47)53-49(55)35-19-36-50(53)56-48-34-18-15-31-45(48)54-51(56)37-20-38-52(54)57(40-23-7-2-8-24-40,41-25-9-3-10-26-41)42-27-11-4-12-28-42/h1-38H. The Labute approximate surface area is 333 Å². The number of fused-ring (bicyclic) bond motifs is 6. The molecule has 11 rings (SSSR count). The number of hydrogen-bond donors (Lipinski definition) is 0. The van der Waals surface area contributed by atoms with Crippen molar-refractivity contribution < 1.29 is 0 Å². The highest BCUT2D eigenvalue weighted by Crippen LogP contribution is 2.41. The quantitative estimate of drug-likeness (QED) is 0.114. The molecule has 0 fully saturated rings. The van der Waals surface area contributed by atoms with Gasteiger partial charge in [0, 0.05) is 27.1 Å². The number of aromatic nitrogens is 2. The summed E-state index contributed by atoms with van der Waals surface area (Å²) >= 11 is 0. The van der Waals surface area contributed by atoms with Crippen molar-refractivity contribution >= 4 is 72.4 Å². The van der Waals surface area contributed by atoms with Gasteiger partial charge in [0.2, 0.25) is 0 Å². The fourth-order valence-electron chi connectivity index (χ4n) is 9.60. The van der Waals surface area contributed by atoms with E-state index in [1.807, 2.05) is 0 Å². The summed E-state index contributed by atoms with van der Waals surface area (Å²) in [4.78, 5) is 0. The summed E-state index contributed by atoms with van der Waals surface area (Å²) < 4.78 is 5.00. The van der Waals surface area contributed by atoms with Crippen molar-refractivity contribution in [1.29, 1.82) is 0 Å². The molecular formula is C54H38N2Si. The lowest BCUT2D eigenvalue weighted by Gasteiger charge is -2.35. The first kappa shape index (κ1) is 33.2. The van der Waals surface area contributed by atoms with Gasteiger partial charge in [0.05, 0.1) is 33.4 Å². The average Bonchev–Trinajstić information content (AvgIpc) is 3.82. The van der Waals surface area contributed by atoms with Crippen LogP contribution in [0.25, 0.3) is 66.1 Å². The SMILES string of the molecule is c1ccc(-c2ccccc2-n2c3ccccc3c3c(-n4c5ccccc5c5c([Si](c6ccccc6)(c6ccccc6)c6ccccc6)cccc54)cccc32)cc1. The molecule has 2 aromatic heterocycles. The average molecular weight is 743 g/mol. The third-order valence-corrected chi connectivity index (χ3v) is 16.7. The first-order chi connectivity index (χ1) is 28.3. The maximum absolute atomic E-state index is 2.86. The van der Waals surface area contributed by atoms with Crippen LogP contribution in [0.2, 0.25) is 0 Å². The van der Waals surface area contributed by atoms with Gasteiger partial charge in [0.1, 0.15) is 0 Å². The fraction of sp³-hybridized carbons (Fsp3) is 0. The van der Waals surface area contributed by atoms with Gasteiger partial charge in [-0.15, -0.1) is 0 Å². The Balaban J connectivity index is 1.27. The molecule has 268 valence electrons. The van der Waals surface area contributed by atoms with Gasteiger partial charge in [-0.05, 0) is 62.7 Å². The summed E-state index contributed by atoms with van der Waals surface area (Å²) in [5.41, 5.74) is 9.53. The lowest BCUT2D eigenvalue weighted by Crippen LogP contribution is -2.74. The van der Waals surface area contributed by atoms with Crippen LogP contribution in [-0.4, -0.2) is 17.2 Å². The van der Waals surface area contributed by atoms with Crippen LogP contribution in [0.5, 0.6) is 0 Å². The van der Waals surface area contributed by atoms with Gasteiger partial charge in [-0.25, -0.2) is 0 Å². The van der Waals surface area contributed by atoms with Crippen molar-refractivity contribution in [2.45, 2.75) is 0 Å². The molecule has 0 aliphatic rings. The van der Waals surface area contributed by atoms with Crippen LogP contribution in [-0.2, 0) is 0 Å². The van der Waals surface area contributed by atoms with Gasteiger partial charge in [0.15, 0.2) is 8.07 Å².